The quantitative estimate of drug-likeness (QED) is 0.655. The first-order valence-electron chi connectivity index (χ1n) is 5.44. The molecule has 0 spiro atoms. The predicted molar refractivity (Wildman–Crippen MR) is 82.9 cm³/mol. The van der Waals surface area contributed by atoms with Gasteiger partial charge in [0.1, 0.15) is 0 Å². The molecule has 2 heteroatoms. The van der Waals surface area contributed by atoms with E-state index < -0.39 is 0 Å². The van der Waals surface area contributed by atoms with E-state index in [1.807, 2.05) is 27.7 Å². The van der Waals surface area contributed by atoms with E-state index in [2.05, 4.69) is 36.3 Å². The smallest absolute Gasteiger partial charge is 0.0880 e. The molecule has 0 aliphatic carbocycles. The number of hydrogen-bond acceptors (Lipinski definition) is 2. The molecule has 1 rings (SSSR count). The Labute approximate surface area is 108 Å². The third kappa shape index (κ3) is 12.2. The van der Waals surface area contributed by atoms with E-state index in [-0.39, 0.29) is 7.43 Å². The number of aromatic nitrogens is 2. The van der Waals surface area contributed by atoms with Crippen molar-refractivity contribution in [3.63, 3.8) is 0 Å². The zero-order valence-corrected chi connectivity index (χ0v) is 11.0. The summed E-state index contributed by atoms with van der Waals surface area (Å²) in [6.45, 7) is 21.2. The summed E-state index contributed by atoms with van der Waals surface area (Å²) in [6, 6.07) is 0. The third-order valence-corrected chi connectivity index (χ3v) is 1.14. The first-order chi connectivity index (χ1) is 7.88. The molecule has 17 heavy (non-hydrogen) atoms. The molecule has 0 N–H and O–H groups in total. The lowest BCUT2D eigenvalue weighted by Gasteiger charge is -1.94. The van der Waals surface area contributed by atoms with E-state index >= 15 is 0 Å². The zero-order chi connectivity index (χ0) is 13.4. The number of nitrogens with zero attached hydrogens (tertiary/aromatic N) is 2. The van der Waals surface area contributed by atoms with Gasteiger partial charge in [0.25, 0.3) is 0 Å². The summed E-state index contributed by atoms with van der Waals surface area (Å²) in [5.41, 5.74) is 1.55. The Bertz CT molecular complexity index is 240. The average Bonchev–Trinajstić information content (AvgIpc) is 2.45. The van der Waals surface area contributed by atoms with Crippen molar-refractivity contribution in [2.75, 3.05) is 0 Å². The monoisotopic (exact) mass is 236 g/mol. The van der Waals surface area contributed by atoms with Crippen LogP contribution in [0.3, 0.4) is 0 Å². The molecular formula is C15H28N2. The third-order valence-electron chi connectivity index (χ3n) is 1.14. The Balaban J connectivity index is -0.000000106. The summed E-state index contributed by atoms with van der Waals surface area (Å²) in [6.07, 6.45) is 6.57. The Morgan fingerprint density at radius 2 is 1.06 bits per heavy atom. The fourth-order valence-electron chi connectivity index (χ4n) is 0.674. The van der Waals surface area contributed by atoms with Gasteiger partial charge in [-0.2, -0.15) is 0 Å². The number of hydrogen-bond donors (Lipinski definition) is 0. The molecule has 0 atom stereocenters. The number of rotatable bonds is 2. The highest BCUT2D eigenvalue weighted by Crippen LogP contribution is 2.02. The second-order valence-electron chi connectivity index (χ2n) is 1.74. The van der Waals surface area contributed by atoms with Gasteiger partial charge in [0.15, 0.2) is 0 Å². The predicted octanol–water partition coefficient (Wildman–Crippen LogP) is 5.25. The van der Waals surface area contributed by atoms with Crippen LogP contribution >= 0.6 is 0 Å². The van der Waals surface area contributed by atoms with Crippen LogP contribution in [0.25, 0.3) is 12.2 Å². The first kappa shape index (κ1) is 24.5. The molecule has 0 fully saturated rings. The largest absolute Gasteiger partial charge is 0.253 e. The Morgan fingerprint density at radius 3 is 1.24 bits per heavy atom. The van der Waals surface area contributed by atoms with Crippen LogP contribution in [-0.2, 0) is 0 Å². The van der Waals surface area contributed by atoms with Gasteiger partial charge in [-0.3, -0.25) is 9.97 Å². The lowest BCUT2D eigenvalue weighted by molar-refractivity contribution is 1.16. The Hall–Kier alpha value is -1.70. The molecular weight excluding hydrogens is 208 g/mol. The fourth-order valence-corrected chi connectivity index (χ4v) is 0.674. The average molecular weight is 236 g/mol. The highest BCUT2D eigenvalue weighted by Gasteiger charge is 1.93. The fraction of sp³-hybridized carbons (Fsp3) is 0.333. The lowest BCUT2D eigenvalue weighted by atomic mass is 10.3. The van der Waals surface area contributed by atoms with Crippen LogP contribution in [0.5, 0.6) is 0 Å². The first-order valence-corrected chi connectivity index (χ1v) is 5.44. The van der Waals surface area contributed by atoms with Gasteiger partial charge < -0.3 is 0 Å². The minimum absolute atomic E-state index is 0. The summed E-state index contributed by atoms with van der Waals surface area (Å²) in [4.78, 5) is 8.03. The lowest BCUT2D eigenvalue weighted by Crippen LogP contribution is -1.87. The van der Waals surface area contributed by atoms with Gasteiger partial charge in [-0.15, -0.1) is 13.2 Å². The standard InChI is InChI=1S/C8H8N2.2C2H6.C2H4.CH4/c1-3-7-8(4-2)10-6-5-9-7;3*1-2;/h3-6H,1-2H2;2*1-2H3;1-2H2;1H4. The second-order valence-corrected chi connectivity index (χ2v) is 1.74. The normalized spacial score (nSPS) is 6.12. The molecule has 0 saturated carbocycles. The molecule has 1 aromatic heterocycles. The second kappa shape index (κ2) is 23.8. The molecule has 0 aromatic carbocycles. The van der Waals surface area contributed by atoms with Gasteiger partial charge in [-0.1, -0.05) is 48.3 Å². The summed E-state index contributed by atoms with van der Waals surface area (Å²) in [5.74, 6) is 0. The van der Waals surface area contributed by atoms with Crippen molar-refractivity contribution < 1.29 is 0 Å². The van der Waals surface area contributed by atoms with Crippen molar-refractivity contribution in [2.45, 2.75) is 35.1 Å². The Kier molecular flexibility index (Phi) is 34.4. The summed E-state index contributed by atoms with van der Waals surface area (Å²) in [7, 11) is 0. The molecule has 0 radical (unpaired) electrons. The molecule has 0 aliphatic rings. The van der Waals surface area contributed by atoms with E-state index in [0.29, 0.717) is 0 Å². The van der Waals surface area contributed by atoms with E-state index in [0.717, 1.165) is 11.4 Å². The van der Waals surface area contributed by atoms with Crippen LogP contribution in [0.1, 0.15) is 46.5 Å². The van der Waals surface area contributed by atoms with Crippen molar-refractivity contribution in [3.8, 4) is 0 Å². The minimum atomic E-state index is 0. The maximum atomic E-state index is 4.02. The van der Waals surface area contributed by atoms with Gasteiger partial charge in [0.05, 0.1) is 11.4 Å². The van der Waals surface area contributed by atoms with Gasteiger partial charge in [-0.25, -0.2) is 0 Å². The maximum Gasteiger partial charge on any atom is 0.0880 e. The van der Waals surface area contributed by atoms with E-state index in [9.17, 15) is 0 Å². The van der Waals surface area contributed by atoms with Crippen LogP contribution in [0, 0.1) is 0 Å². The van der Waals surface area contributed by atoms with Crippen LogP contribution in [0.2, 0.25) is 0 Å². The minimum Gasteiger partial charge on any atom is -0.253 e. The van der Waals surface area contributed by atoms with Crippen molar-refractivity contribution in [2.24, 2.45) is 0 Å². The van der Waals surface area contributed by atoms with E-state index in [1.54, 1.807) is 24.5 Å². The summed E-state index contributed by atoms with van der Waals surface area (Å²) in [5, 5.41) is 0. The molecule has 0 saturated heterocycles. The van der Waals surface area contributed by atoms with Gasteiger partial charge in [0.2, 0.25) is 0 Å². The SMILES string of the molecule is C.C=C.C=Cc1nccnc1C=C.CC.CC. The zero-order valence-electron chi connectivity index (χ0n) is 11.0. The van der Waals surface area contributed by atoms with E-state index in [1.165, 1.54) is 0 Å². The molecule has 0 bridgehead atoms. The summed E-state index contributed by atoms with van der Waals surface area (Å²) >= 11 is 0. The van der Waals surface area contributed by atoms with Crippen LogP contribution in [0.4, 0.5) is 0 Å². The molecule has 1 heterocycles. The molecule has 0 aliphatic heterocycles. The molecule has 98 valence electrons. The maximum absolute atomic E-state index is 4.02. The van der Waals surface area contributed by atoms with Crippen molar-refractivity contribution >= 4 is 12.2 Å². The van der Waals surface area contributed by atoms with Crippen LogP contribution < -0.4 is 0 Å². The Morgan fingerprint density at radius 1 is 0.824 bits per heavy atom. The molecule has 1 aromatic rings. The molecule has 0 amide bonds. The van der Waals surface area contributed by atoms with Gasteiger partial charge in [0, 0.05) is 12.4 Å². The van der Waals surface area contributed by atoms with Crippen LogP contribution in [0.15, 0.2) is 38.7 Å². The highest BCUT2D eigenvalue weighted by molar-refractivity contribution is 5.56. The van der Waals surface area contributed by atoms with Crippen molar-refractivity contribution in [3.05, 3.63) is 50.1 Å². The highest BCUT2D eigenvalue weighted by atomic mass is 14.8. The van der Waals surface area contributed by atoms with E-state index in [4.69, 9.17) is 0 Å². The van der Waals surface area contributed by atoms with Gasteiger partial charge in [-0.05, 0) is 12.2 Å². The van der Waals surface area contributed by atoms with Crippen molar-refractivity contribution in [1.82, 2.24) is 9.97 Å². The molecule has 0 unspecified atom stereocenters. The topological polar surface area (TPSA) is 25.8 Å². The molecule has 2 nitrogen and oxygen atoms in total. The van der Waals surface area contributed by atoms with Crippen molar-refractivity contribution in [1.29, 1.82) is 0 Å². The van der Waals surface area contributed by atoms with Gasteiger partial charge >= 0.3 is 0 Å². The van der Waals surface area contributed by atoms with Crippen LogP contribution in [-0.4, -0.2) is 9.97 Å². The summed E-state index contributed by atoms with van der Waals surface area (Å²) < 4.78 is 0.